The van der Waals surface area contributed by atoms with Crippen LogP contribution in [0.5, 0.6) is 5.75 Å². The van der Waals surface area contributed by atoms with Crippen molar-refractivity contribution in [3.8, 4) is 5.75 Å². The van der Waals surface area contributed by atoms with E-state index in [0.717, 1.165) is 11.3 Å². The molecule has 0 bridgehead atoms. The summed E-state index contributed by atoms with van der Waals surface area (Å²) < 4.78 is 12.3. The molecule has 1 aromatic heterocycles. The smallest absolute Gasteiger partial charge is 0.338 e. The van der Waals surface area contributed by atoms with Crippen molar-refractivity contribution in [2.75, 3.05) is 19.0 Å². The molecule has 2 N–H and O–H groups in total. The fourth-order valence-corrected chi connectivity index (χ4v) is 5.05. The van der Waals surface area contributed by atoms with Gasteiger partial charge >= 0.3 is 11.9 Å². The van der Waals surface area contributed by atoms with E-state index >= 15 is 0 Å². The predicted octanol–water partition coefficient (Wildman–Crippen LogP) is 3.18. The number of carboxylic acids is 1. The molecule has 2 aromatic carbocycles. The van der Waals surface area contributed by atoms with Crippen LogP contribution in [-0.2, 0) is 9.53 Å². The van der Waals surface area contributed by atoms with Gasteiger partial charge in [0.25, 0.3) is 5.56 Å². The van der Waals surface area contributed by atoms with Gasteiger partial charge in [-0.25, -0.2) is 14.6 Å². The molecule has 1 aliphatic heterocycles. The van der Waals surface area contributed by atoms with E-state index in [-0.39, 0.29) is 28.3 Å². The van der Waals surface area contributed by atoms with E-state index in [9.17, 15) is 14.4 Å². The Kier molecular flexibility index (Phi) is 7.27. The SMILES string of the molecule is CCOC(=O)C1=C(C)N=c2s/c(=C\Nc3ccc(C(=O)O)c(Cl)c3)c(=O)n2[C@H]1c1ccc(OC)cc1. The maximum Gasteiger partial charge on any atom is 0.338 e. The summed E-state index contributed by atoms with van der Waals surface area (Å²) in [5.74, 6) is -1.03. The Labute approximate surface area is 214 Å². The molecule has 0 unspecified atom stereocenters. The minimum Gasteiger partial charge on any atom is -0.497 e. The van der Waals surface area contributed by atoms with Crippen molar-refractivity contribution in [2.24, 2.45) is 4.99 Å². The van der Waals surface area contributed by atoms with Gasteiger partial charge in [0, 0.05) is 11.9 Å². The lowest BCUT2D eigenvalue weighted by molar-refractivity contribution is -0.139. The molecule has 0 fully saturated rings. The first-order valence-electron chi connectivity index (χ1n) is 10.9. The molecule has 1 atom stereocenters. The van der Waals surface area contributed by atoms with Gasteiger partial charge in [0.15, 0.2) is 4.80 Å². The topological polar surface area (TPSA) is 119 Å². The Morgan fingerprint density at radius 3 is 2.58 bits per heavy atom. The minimum atomic E-state index is -1.13. The van der Waals surface area contributed by atoms with Gasteiger partial charge in [-0.3, -0.25) is 9.36 Å². The van der Waals surface area contributed by atoms with Crippen molar-refractivity contribution in [3.63, 3.8) is 0 Å². The summed E-state index contributed by atoms with van der Waals surface area (Å²) in [6.07, 6.45) is 1.50. The molecular weight excluding hydrogens is 506 g/mol. The van der Waals surface area contributed by atoms with Crippen molar-refractivity contribution in [1.29, 1.82) is 0 Å². The fraction of sp³-hybridized carbons (Fsp3) is 0.200. The van der Waals surface area contributed by atoms with Gasteiger partial charge in [0.05, 0.1) is 41.6 Å². The van der Waals surface area contributed by atoms with E-state index in [1.807, 2.05) is 0 Å². The third-order valence-electron chi connectivity index (χ3n) is 5.52. The van der Waals surface area contributed by atoms with E-state index in [0.29, 0.717) is 32.0 Å². The standard InChI is InChI=1S/C25H22ClN3O6S/c1-4-35-24(33)20-13(2)28-25-29(21(20)14-5-8-16(34-3)9-6-14)22(30)19(36-25)12-27-15-7-10-17(23(31)32)18(26)11-15/h5-12,21,27H,4H2,1-3H3,(H,31,32)/b19-12-/t21-/m0/s1. The summed E-state index contributed by atoms with van der Waals surface area (Å²) in [6.45, 7) is 3.61. The van der Waals surface area contributed by atoms with Crippen LogP contribution in [0.2, 0.25) is 5.02 Å². The Bertz CT molecular complexity index is 1560. The van der Waals surface area contributed by atoms with Gasteiger partial charge in [0.1, 0.15) is 10.3 Å². The number of thiazole rings is 1. The normalized spacial score (nSPS) is 15.2. The molecule has 0 radical (unpaired) electrons. The van der Waals surface area contributed by atoms with Gasteiger partial charge in [-0.1, -0.05) is 35.1 Å². The average molecular weight is 528 g/mol. The Morgan fingerprint density at radius 2 is 1.97 bits per heavy atom. The van der Waals surface area contributed by atoms with Crippen molar-refractivity contribution in [2.45, 2.75) is 19.9 Å². The Hall–Kier alpha value is -3.89. The van der Waals surface area contributed by atoms with Crippen molar-refractivity contribution < 1.29 is 24.2 Å². The molecule has 0 saturated heterocycles. The lowest BCUT2D eigenvalue weighted by atomic mass is 9.96. The monoisotopic (exact) mass is 527 g/mol. The molecule has 2 heterocycles. The number of nitrogens with one attached hydrogen (secondary N) is 1. The second-order valence-corrected chi connectivity index (χ2v) is 9.14. The highest BCUT2D eigenvalue weighted by Crippen LogP contribution is 2.31. The highest BCUT2D eigenvalue weighted by Gasteiger charge is 2.33. The number of carbonyl (C=O) groups excluding carboxylic acids is 1. The number of rotatable bonds is 7. The number of hydrogen-bond acceptors (Lipinski definition) is 8. The molecule has 186 valence electrons. The second-order valence-electron chi connectivity index (χ2n) is 7.72. The molecule has 3 aromatic rings. The number of aromatic carboxylic acids is 1. The molecule has 0 saturated carbocycles. The quantitative estimate of drug-likeness (QED) is 0.453. The summed E-state index contributed by atoms with van der Waals surface area (Å²) in [7, 11) is 1.56. The van der Waals surface area contributed by atoms with Crippen LogP contribution in [0.25, 0.3) is 6.20 Å². The van der Waals surface area contributed by atoms with Crippen LogP contribution in [0, 0.1) is 0 Å². The van der Waals surface area contributed by atoms with Gasteiger partial charge in [-0.05, 0) is 49.7 Å². The van der Waals surface area contributed by atoms with Crippen molar-refractivity contribution in [1.82, 2.24) is 4.57 Å². The highest BCUT2D eigenvalue weighted by molar-refractivity contribution is 7.07. The minimum absolute atomic E-state index is 0.0250. The number of fused-ring (bicyclic) bond motifs is 1. The number of esters is 1. The zero-order valence-electron chi connectivity index (χ0n) is 19.6. The molecule has 4 rings (SSSR count). The molecule has 36 heavy (non-hydrogen) atoms. The number of carbonyl (C=O) groups is 2. The number of anilines is 1. The molecule has 11 heteroatoms. The Morgan fingerprint density at radius 1 is 1.25 bits per heavy atom. The van der Waals surface area contributed by atoms with Gasteiger partial charge in [-0.15, -0.1) is 0 Å². The van der Waals surface area contributed by atoms with Gasteiger partial charge < -0.3 is 19.9 Å². The van der Waals surface area contributed by atoms with E-state index in [1.165, 1.54) is 22.9 Å². The lowest BCUT2D eigenvalue weighted by Gasteiger charge is -2.24. The number of hydrogen-bond donors (Lipinski definition) is 2. The van der Waals surface area contributed by atoms with E-state index < -0.39 is 18.0 Å². The molecule has 1 aliphatic rings. The number of halogens is 1. The number of methoxy groups -OCH3 is 1. The number of carboxylic acid groups (broad SMARTS) is 1. The van der Waals surface area contributed by atoms with Crippen molar-refractivity contribution >= 4 is 46.8 Å². The fourth-order valence-electron chi connectivity index (χ4n) is 3.82. The summed E-state index contributed by atoms with van der Waals surface area (Å²) >= 11 is 7.20. The molecule has 0 spiro atoms. The molecule has 9 nitrogen and oxygen atoms in total. The zero-order chi connectivity index (χ0) is 26.0. The molecule has 0 aliphatic carbocycles. The number of aromatic nitrogens is 1. The summed E-state index contributed by atoms with van der Waals surface area (Å²) in [5.41, 5.74) is 1.57. The summed E-state index contributed by atoms with van der Waals surface area (Å²) in [4.78, 5) is 42.6. The van der Waals surface area contributed by atoms with Crippen LogP contribution in [-0.4, -0.2) is 35.3 Å². The zero-order valence-corrected chi connectivity index (χ0v) is 21.1. The third kappa shape index (κ3) is 4.77. The second kappa shape index (κ2) is 10.4. The highest BCUT2D eigenvalue weighted by atomic mass is 35.5. The van der Waals surface area contributed by atoms with Crippen LogP contribution < -0.4 is 24.9 Å². The number of ether oxygens (including phenoxy) is 2. The van der Waals surface area contributed by atoms with Crippen LogP contribution in [0.15, 0.2) is 63.5 Å². The number of nitrogens with zero attached hydrogens (tertiary/aromatic N) is 2. The van der Waals surface area contributed by atoms with Gasteiger partial charge in [-0.2, -0.15) is 0 Å². The summed E-state index contributed by atoms with van der Waals surface area (Å²) in [6, 6.07) is 10.8. The largest absolute Gasteiger partial charge is 0.497 e. The summed E-state index contributed by atoms with van der Waals surface area (Å²) in [5, 5.41) is 12.2. The third-order valence-corrected chi connectivity index (χ3v) is 6.81. The van der Waals surface area contributed by atoms with E-state index in [4.69, 9.17) is 26.2 Å². The maximum absolute atomic E-state index is 13.5. The molecule has 0 amide bonds. The van der Waals surface area contributed by atoms with E-state index in [2.05, 4.69) is 10.3 Å². The number of allylic oxidation sites excluding steroid dienone is 1. The molecular formula is C25H22ClN3O6S. The van der Waals surface area contributed by atoms with Crippen LogP contribution in [0.4, 0.5) is 5.69 Å². The van der Waals surface area contributed by atoms with Gasteiger partial charge in [0.2, 0.25) is 0 Å². The number of benzene rings is 2. The average Bonchev–Trinajstić information content (AvgIpc) is 3.16. The van der Waals surface area contributed by atoms with Crippen LogP contribution in [0.3, 0.4) is 0 Å². The van der Waals surface area contributed by atoms with E-state index in [1.54, 1.807) is 51.3 Å². The Balaban J connectivity index is 1.81. The maximum atomic E-state index is 13.5. The first-order valence-corrected chi connectivity index (χ1v) is 12.1. The lowest BCUT2D eigenvalue weighted by Crippen LogP contribution is -2.40. The first-order chi connectivity index (χ1) is 17.2. The van der Waals surface area contributed by atoms with Crippen LogP contribution >= 0.6 is 22.9 Å². The predicted molar refractivity (Wildman–Crippen MR) is 136 cm³/mol. The first kappa shape index (κ1) is 25.2. The van der Waals surface area contributed by atoms with Crippen molar-refractivity contribution in [3.05, 3.63) is 89.6 Å². The van der Waals surface area contributed by atoms with Crippen LogP contribution in [0.1, 0.15) is 35.8 Å².